The van der Waals surface area contributed by atoms with Crippen molar-refractivity contribution in [3.05, 3.63) is 97.8 Å². The Balaban J connectivity index is 1.78. The van der Waals surface area contributed by atoms with E-state index in [1.807, 2.05) is 0 Å². The Morgan fingerprint density at radius 3 is 2.48 bits per heavy atom. The van der Waals surface area contributed by atoms with Crippen LogP contribution in [0.25, 0.3) is 5.57 Å². The zero-order valence-corrected chi connectivity index (χ0v) is 17.8. The Morgan fingerprint density at radius 2 is 1.84 bits per heavy atom. The molecule has 2 heterocycles. The van der Waals surface area contributed by atoms with Crippen molar-refractivity contribution in [2.75, 3.05) is 4.90 Å². The molecule has 1 aliphatic heterocycles. The predicted octanol–water partition coefficient (Wildman–Crippen LogP) is 5.37. The van der Waals surface area contributed by atoms with Gasteiger partial charge < -0.3 is 4.42 Å². The van der Waals surface area contributed by atoms with E-state index < -0.39 is 16.7 Å². The number of carbonyl (C=O) groups is 2. The van der Waals surface area contributed by atoms with Crippen LogP contribution in [0.5, 0.6) is 0 Å². The number of hydrogen-bond acceptors (Lipinski definition) is 6. The Hall–Kier alpha value is -3.36. The summed E-state index contributed by atoms with van der Waals surface area (Å²) in [6.45, 7) is 1.78. The lowest BCUT2D eigenvalue weighted by atomic mass is 10.1. The van der Waals surface area contributed by atoms with Gasteiger partial charge in [0.25, 0.3) is 17.5 Å². The van der Waals surface area contributed by atoms with E-state index in [4.69, 9.17) is 16.0 Å². The maximum absolute atomic E-state index is 13.4. The van der Waals surface area contributed by atoms with E-state index in [9.17, 15) is 19.7 Å². The molecule has 31 heavy (non-hydrogen) atoms. The van der Waals surface area contributed by atoms with E-state index in [0.717, 1.165) is 4.90 Å². The molecule has 2 aromatic carbocycles. The van der Waals surface area contributed by atoms with E-state index in [1.165, 1.54) is 42.3 Å². The maximum Gasteiger partial charge on any atom is 0.272 e. The first-order chi connectivity index (χ1) is 14.9. The maximum atomic E-state index is 13.4. The van der Waals surface area contributed by atoms with Crippen molar-refractivity contribution in [2.45, 2.75) is 12.7 Å². The van der Waals surface area contributed by atoms with E-state index >= 15 is 0 Å². The highest BCUT2D eigenvalue weighted by atomic mass is 35.5. The van der Waals surface area contributed by atoms with Crippen molar-refractivity contribution in [3.63, 3.8) is 0 Å². The number of nitro benzene ring substituents is 1. The average Bonchev–Trinajstić information content (AvgIpc) is 3.35. The number of non-ortho nitro benzene ring substituents is 1. The lowest BCUT2D eigenvalue weighted by molar-refractivity contribution is -0.384. The summed E-state index contributed by atoms with van der Waals surface area (Å²) in [5, 5.41) is 11.4. The number of rotatable bonds is 6. The van der Waals surface area contributed by atoms with Crippen LogP contribution in [0.2, 0.25) is 5.02 Å². The normalized spacial score (nSPS) is 13.9. The van der Waals surface area contributed by atoms with Crippen LogP contribution in [0, 0.1) is 17.0 Å². The number of nitrogens with zero attached hydrogens (tertiary/aromatic N) is 2. The monoisotopic (exact) mass is 454 g/mol. The fourth-order valence-electron chi connectivity index (χ4n) is 3.23. The highest BCUT2D eigenvalue weighted by molar-refractivity contribution is 8.03. The molecule has 0 radical (unpaired) electrons. The van der Waals surface area contributed by atoms with Gasteiger partial charge in [-0.25, -0.2) is 4.90 Å². The topological polar surface area (TPSA) is 93.7 Å². The summed E-state index contributed by atoms with van der Waals surface area (Å²) >= 11 is 7.29. The molecule has 0 fully saturated rings. The lowest BCUT2D eigenvalue weighted by Gasteiger charge is -2.18. The lowest BCUT2D eigenvalue weighted by Crippen LogP contribution is -2.32. The highest BCUT2D eigenvalue weighted by Crippen LogP contribution is 2.41. The van der Waals surface area contributed by atoms with Crippen LogP contribution in [0.15, 0.2) is 70.2 Å². The molecular weight excluding hydrogens is 440 g/mol. The van der Waals surface area contributed by atoms with Crippen LogP contribution in [-0.4, -0.2) is 16.7 Å². The number of halogens is 1. The van der Waals surface area contributed by atoms with Gasteiger partial charge in [0.1, 0.15) is 5.76 Å². The number of furan rings is 1. The molecule has 1 aliphatic rings. The second-order valence-electron chi connectivity index (χ2n) is 6.75. The SMILES string of the molecule is Cc1ccc(Cl)cc1N1C(=O)C(SCc2ccco2)=C(c2ccc([N+](=O)[O-])cc2)C1=O. The fraction of sp³-hybridized carbons (Fsp3) is 0.0909. The van der Waals surface area contributed by atoms with Crippen LogP contribution in [0.4, 0.5) is 11.4 Å². The number of aryl methyl sites for hydroxylation is 1. The first kappa shape index (κ1) is 20.9. The third-order valence-corrected chi connectivity index (χ3v) is 6.09. The number of imide groups is 1. The Labute approximate surface area is 186 Å². The number of amides is 2. The second kappa shape index (κ2) is 8.41. The van der Waals surface area contributed by atoms with E-state index in [2.05, 4.69) is 0 Å². The third-order valence-electron chi connectivity index (χ3n) is 4.76. The minimum absolute atomic E-state index is 0.103. The molecule has 9 heteroatoms. The number of thioether (sulfide) groups is 1. The smallest absolute Gasteiger partial charge is 0.272 e. The van der Waals surface area contributed by atoms with Gasteiger partial charge in [0.15, 0.2) is 0 Å². The molecule has 7 nitrogen and oxygen atoms in total. The summed E-state index contributed by atoms with van der Waals surface area (Å²) in [6, 6.07) is 14.1. The minimum Gasteiger partial charge on any atom is -0.468 e. The van der Waals surface area contributed by atoms with Gasteiger partial charge in [-0.1, -0.05) is 17.7 Å². The fourth-order valence-corrected chi connectivity index (χ4v) is 4.41. The van der Waals surface area contributed by atoms with Crippen LogP contribution in [0.3, 0.4) is 0 Å². The highest BCUT2D eigenvalue weighted by Gasteiger charge is 2.41. The first-order valence-corrected chi connectivity index (χ1v) is 10.5. The molecule has 156 valence electrons. The molecule has 0 unspecified atom stereocenters. The Morgan fingerprint density at radius 1 is 1.10 bits per heavy atom. The number of anilines is 1. The Kier molecular flexibility index (Phi) is 5.67. The van der Waals surface area contributed by atoms with Gasteiger partial charge in [-0.2, -0.15) is 0 Å². The van der Waals surface area contributed by atoms with Crippen LogP contribution in [0.1, 0.15) is 16.9 Å². The minimum atomic E-state index is -0.520. The van der Waals surface area contributed by atoms with Gasteiger partial charge >= 0.3 is 0 Å². The van der Waals surface area contributed by atoms with Gasteiger partial charge in [-0.05, 0) is 54.4 Å². The van der Waals surface area contributed by atoms with Gasteiger partial charge in [0, 0.05) is 17.2 Å². The molecule has 0 saturated carbocycles. The average molecular weight is 455 g/mol. The standard InChI is InChI=1S/C22H15ClN2O5S/c1-13-4-7-15(23)11-18(13)24-21(26)19(14-5-8-16(9-6-14)25(28)29)20(22(24)27)31-12-17-3-2-10-30-17/h2-11H,12H2,1H3. The zero-order chi connectivity index (χ0) is 22.1. The van der Waals surface area contributed by atoms with Crippen LogP contribution < -0.4 is 4.90 Å². The Bertz CT molecular complexity index is 1220. The van der Waals surface area contributed by atoms with Crippen molar-refractivity contribution in [3.8, 4) is 0 Å². The van der Waals surface area contributed by atoms with E-state index in [-0.39, 0.29) is 16.2 Å². The number of benzene rings is 2. The summed E-state index contributed by atoms with van der Waals surface area (Å²) < 4.78 is 5.34. The van der Waals surface area contributed by atoms with Crippen molar-refractivity contribution < 1.29 is 18.9 Å². The first-order valence-electron chi connectivity index (χ1n) is 9.16. The molecule has 0 atom stereocenters. The summed E-state index contributed by atoms with van der Waals surface area (Å²) in [4.78, 5) is 38.6. The van der Waals surface area contributed by atoms with Gasteiger partial charge in [0.2, 0.25) is 0 Å². The van der Waals surface area contributed by atoms with Crippen molar-refractivity contribution in [1.29, 1.82) is 0 Å². The van der Waals surface area contributed by atoms with Crippen LogP contribution >= 0.6 is 23.4 Å². The summed E-state index contributed by atoms with van der Waals surface area (Å²) in [5.74, 6) is 0.0184. The summed E-state index contributed by atoms with van der Waals surface area (Å²) in [6.07, 6.45) is 1.53. The number of nitro groups is 1. The summed E-state index contributed by atoms with van der Waals surface area (Å²) in [5.41, 5.74) is 1.62. The molecular formula is C22H15ClN2O5S. The second-order valence-corrected chi connectivity index (χ2v) is 8.17. The molecule has 0 bridgehead atoms. The van der Waals surface area contributed by atoms with E-state index in [1.54, 1.807) is 37.3 Å². The van der Waals surface area contributed by atoms with Crippen molar-refractivity contribution in [1.82, 2.24) is 0 Å². The largest absolute Gasteiger partial charge is 0.468 e. The molecule has 0 spiro atoms. The molecule has 2 amide bonds. The van der Waals surface area contributed by atoms with Crippen molar-refractivity contribution in [2.24, 2.45) is 0 Å². The molecule has 1 aromatic heterocycles. The molecule has 0 saturated heterocycles. The molecule has 3 aromatic rings. The van der Waals surface area contributed by atoms with Gasteiger partial charge in [-0.3, -0.25) is 19.7 Å². The van der Waals surface area contributed by atoms with Crippen molar-refractivity contribution >= 4 is 52.1 Å². The quantitative estimate of drug-likeness (QED) is 0.282. The number of hydrogen-bond donors (Lipinski definition) is 0. The number of carbonyl (C=O) groups excluding carboxylic acids is 2. The summed E-state index contributed by atoms with van der Waals surface area (Å²) in [7, 11) is 0. The third kappa shape index (κ3) is 3.99. The molecule has 4 rings (SSSR count). The van der Waals surface area contributed by atoms with E-state index in [0.29, 0.717) is 33.4 Å². The molecule has 0 N–H and O–H groups in total. The zero-order valence-electron chi connectivity index (χ0n) is 16.2. The van der Waals surface area contributed by atoms with Gasteiger partial charge in [-0.15, -0.1) is 11.8 Å². The molecule has 0 aliphatic carbocycles. The van der Waals surface area contributed by atoms with Crippen LogP contribution in [-0.2, 0) is 15.3 Å². The predicted molar refractivity (Wildman–Crippen MR) is 119 cm³/mol. The van der Waals surface area contributed by atoms with Gasteiger partial charge in [0.05, 0.1) is 33.1 Å².